The van der Waals surface area contributed by atoms with Crippen LogP contribution in [0.2, 0.25) is 0 Å². The number of esters is 2. The topological polar surface area (TPSA) is 112 Å². The fourth-order valence-corrected chi connectivity index (χ4v) is 2.46. The van der Waals surface area contributed by atoms with E-state index in [2.05, 4.69) is 4.74 Å². The Hall–Kier alpha value is -3.07. The fraction of sp³-hybridized carbons (Fsp3) is 0.312. The lowest BCUT2D eigenvalue weighted by Gasteiger charge is -2.32. The number of rotatable bonds is 5. The van der Waals surface area contributed by atoms with E-state index in [1.54, 1.807) is 6.07 Å². The van der Waals surface area contributed by atoms with Crippen molar-refractivity contribution in [2.24, 2.45) is 0 Å². The largest absolute Gasteiger partial charge is 0.496 e. The molecule has 0 radical (unpaired) electrons. The van der Waals surface area contributed by atoms with Crippen LogP contribution in [0, 0.1) is 0 Å². The highest BCUT2D eigenvalue weighted by molar-refractivity contribution is 6.05. The Labute approximate surface area is 143 Å². The summed E-state index contributed by atoms with van der Waals surface area (Å²) < 4.78 is 19.8. The molecule has 0 atom stereocenters. The Morgan fingerprint density at radius 2 is 1.80 bits per heavy atom. The van der Waals surface area contributed by atoms with Gasteiger partial charge in [0.1, 0.15) is 23.7 Å². The first-order valence-corrected chi connectivity index (χ1v) is 7.11. The molecule has 1 aromatic carbocycles. The minimum absolute atomic E-state index is 0.0697. The molecule has 0 saturated heterocycles. The van der Waals surface area contributed by atoms with Crippen molar-refractivity contribution in [1.29, 1.82) is 0 Å². The van der Waals surface area contributed by atoms with Gasteiger partial charge in [0.15, 0.2) is 0 Å². The second-order valence-corrected chi connectivity index (χ2v) is 4.88. The SMILES string of the molecule is COC(=O)C1=C(C(=O)OC)N(c2cccc(OC)c2C(=O)O)COC1. The summed E-state index contributed by atoms with van der Waals surface area (Å²) in [7, 11) is 3.65. The second-order valence-electron chi connectivity index (χ2n) is 4.88. The number of hydrogen-bond acceptors (Lipinski definition) is 8. The van der Waals surface area contributed by atoms with E-state index in [9.17, 15) is 19.5 Å². The molecule has 9 heteroatoms. The lowest BCUT2D eigenvalue weighted by atomic mass is 10.1. The predicted octanol–water partition coefficient (Wildman–Crippen LogP) is 0.788. The molecule has 25 heavy (non-hydrogen) atoms. The zero-order valence-corrected chi connectivity index (χ0v) is 13.9. The second kappa shape index (κ2) is 7.67. The first-order chi connectivity index (χ1) is 12.0. The van der Waals surface area contributed by atoms with E-state index in [4.69, 9.17) is 14.2 Å². The third kappa shape index (κ3) is 3.41. The van der Waals surface area contributed by atoms with Crippen molar-refractivity contribution < 1.29 is 38.4 Å². The zero-order chi connectivity index (χ0) is 18.6. The number of carbonyl (C=O) groups excluding carboxylic acids is 2. The van der Waals surface area contributed by atoms with Crippen LogP contribution in [0.4, 0.5) is 5.69 Å². The van der Waals surface area contributed by atoms with Gasteiger partial charge in [0.05, 0.1) is 39.2 Å². The van der Waals surface area contributed by atoms with Gasteiger partial charge in [-0.3, -0.25) is 0 Å². The molecule has 9 nitrogen and oxygen atoms in total. The number of hydrogen-bond donors (Lipinski definition) is 1. The Morgan fingerprint density at radius 1 is 1.12 bits per heavy atom. The minimum atomic E-state index is -1.26. The van der Waals surface area contributed by atoms with Crippen molar-refractivity contribution in [2.45, 2.75) is 0 Å². The van der Waals surface area contributed by atoms with Gasteiger partial charge in [-0.25, -0.2) is 14.4 Å². The van der Waals surface area contributed by atoms with Crippen LogP contribution < -0.4 is 9.64 Å². The van der Waals surface area contributed by atoms with Crippen molar-refractivity contribution in [3.8, 4) is 5.75 Å². The van der Waals surface area contributed by atoms with Crippen LogP contribution in [0.5, 0.6) is 5.75 Å². The summed E-state index contributed by atoms with van der Waals surface area (Å²) >= 11 is 0. The average molecular weight is 351 g/mol. The first-order valence-electron chi connectivity index (χ1n) is 7.11. The van der Waals surface area contributed by atoms with Gasteiger partial charge in [-0.15, -0.1) is 0 Å². The van der Waals surface area contributed by atoms with Crippen molar-refractivity contribution >= 4 is 23.6 Å². The molecule has 0 unspecified atom stereocenters. The fourth-order valence-electron chi connectivity index (χ4n) is 2.46. The quantitative estimate of drug-likeness (QED) is 0.769. The summed E-state index contributed by atoms with van der Waals surface area (Å²) in [5.41, 5.74) is -0.273. The van der Waals surface area contributed by atoms with E-state index in [1.807, 2.05) is 0 Å². The molecule has 0 spiro atoms. The molecule has 134 valence electrons. The molecule has 0 amide bonds. The predicted molar refractivity (Wildman–Crippen MR) is 84.3 cm³/mol. The summed E-state index contributed by atoms with van der Waals surface area (Å²) in [6.45, 7) is -0.321. The molecule has 0 fully saturated rings. The molecular weight excluding hydrogens is 334 g/mol. The lowest BCUT2D eigenvalue weighted by Crippen LogP contribution is -2.39. The molecule has 1 N–H and O–H groups in total. The van der Waals surface area contributed by atoms with Crippen LogP contribution in [-0.2, 0) is 23.8 Å². The monoisotopic (exact) mass is 351 g/mol. The summed E-state index contributed by atoms with van der Waals surface area (Å²) in [4.78, 5) is 37.2. The van der Waals surface area contributed by atoms with Crippen molar-refractivity contribution in [3.63, 3.8) is 0 Å². The molecule has 0 bridgehead atoms. The number of ether oxygens (including phenoxy) is 4. The van der Waals surface area contributed by atoms with E-state index >= 15 is 0 Å². The third-order valence-corrected chi connectivity index (χ3v) is 3.56. The van der Waals surface area contributed by atoms with Gasteiger partial charge in [0, 0.05) is 0 Å². The first kappa shape index (κ1) is 18.3. The Bertz CT molecular complexity index is 740. The zero-order valence-electron chi connectivity index (χ0n) is 13.9. The Kier molecular flexibility index (Phi) is 5.60. The number of carboxylic acids is 1. The van der Waals surface area contributed by atoms with Crippen molar-refractivity contribution in [1.82, 2.24) is 0 Å². The van der Waals surface area contributed by atoms with Crippen LogP contribution in [0.3, 0.4) is 0 Å². The van der Waals surface area contributed by atoms with E-state index in [1.165, 1.54) is 24.1 Å². The normalized spacial score (nSPS) is 14.1. The third-order valence-electron chi connectivity index (χ3n) is 3.56. The number of methoxy groups -OCH3 is 3. The molecule has 0 aromatic heterocycles. The Morgan fingerprint density at radius 3 is 2.36 bits per heavy atom. The molecular formula is C16H17NO8. The lowest BCUT2D eigenvalue weighted by molar-refractivity contribution is -0.140. The molecule has 1 heterocycles. The molecule has 0 saturated carbocycles. The van der Waals surface area contributed by atoms with Crippen LogP contribution in [0.1, 0.15) is 10.4 Å². The maximum Gasteiger partial charge on any atom is 0.355 e. The van der Waals surface area contributed by atoms with E-state index in [0.29, 0.717) is 0 Å². The molecule has 1 aliphatic heterocycles. The van der Waals surface area contributed by atoms with Crippen LogP contribution >= 0.6 is 0 Å². The molecule has 0 aliphatic carbocycles. The maximum absolute atomic E-state index is 12.3. The average Bonchev–Trinajstić information content (AvgIpc) is 2.65. The van der Waals surface area contributed by atoms with Crippen LogP contribution in [0.15, 0.2) is 29.5 Å². The highest BCUT2D eigenvalue weighted by Crippen LogP contribution is 2.34. The highest BCUT2D eigenvalue weighted by Gasteiger charge is 2.34. The maximum atomic E-state index is 12.3. The van der Waals surface area contributed by atoms with Gasteiger partial charge in [0.25, 0.3) is 0 Å². The molecule has 1 aliphatic rings. The molecule has 1 aromatic rings. The summed E-state index contributed by atoms with van der Waals surface area (Å²) in [5, 5.41) is 9.54. The number of carbonyl (C=O) groups is 3. The Balaban J connectivity index is 2.70. The van der Waals surface area contributed by atoms with Gasteiger partial charge in [0.2, 0.25) is 0 Å². The van der Waals surface area contributed by atoms with E-state index < -0.39 is 17.9 Å². The van der Waals surface area contributed by atoms with Crippen LogP contribution in [0.25, 0.3) is 0 Å². The van der Waals surface area contributed by atoms with Gasteiger partial charge >= 0.3 is 17.9 Å². The number of aromatic carboxylic acids is 1. The van der Waals surface area contributed by atoms with Gasteiger partial charge in [-0.05, 0) is 12.1 Å². The number of nitrogens with zero attached hydrogens (tertiary/aromatic N) is 1. The van der Waals surface area contributed by atoms with Crippen LogP contribution in [-0.4, -0.2) is 57.7 Å². The van der Waals surface area contributed by atoms with Crippen molar-refractivity contribution in [2.75, 3.05) is 39.6 Å². The minimum Gasteiger partial charge on any atom is -0.496 e. The summed E-state index contributed by atoms with van der Waals surface area (Å²) in [5.74, 6) is -2.76. The van der Waals surface area contributed by atoms with Gasteiger partial charge < -0.3 is 29.0 Å². The summed E-state index contributed by atoms with van der Waals surface area (Å²) in [6.07, 6.45) is 0. The number of benzene rings is 1. The number of anilines is 1. The summed E-state index contributed by atoms with van der Waals surface area (Å²) in [6, 6.07) is 4.50. The standard InChI is InChI=1S/C16H17NO8/c1-22-11-6-4-5-10(12(11)14(18)19)17-8-25-7-9(15(20)23-2)13(17)16(21)24-3/h4-6H,7-8H2,1-3H3,(H,18,19). The highest BCUT2D eigenvalue weighted by atomic mass is 16.5. The van der Waals surface area contributed by atoms with E-state index in [0.717, 1.165) is 14.2 Å². The van der Waals surface area contributed by atoms with E-state index in [-0.39, 0.29) is 41.6 Å². The number of carboxylic acid groups (broad SMARTS) is 1. The van der Waals surface area contributed by atoms with Gasteiger partial charge in [-0.2, -0.15) is 0 Å². The van der Waals surface area contributed by atoms with Crippen molar-refractivity contribution in [3.05, 3.63) is 35.0 Å². The molecule has 2 rings (SSSR count). The van der Waals surface area contributed by atoms with Gasteiger partial charge in [-0.1, -0.05) is 6.07 Å². The smallest absolute Gasteiger partial charge is 0.355 e.